The quantitative estimate of drug-likeness (QED) is 0.423. The number of methoxy groups -OCH3 is 1. The van der Waals surface area contributed by atoms with Crippen LogP contribution in [0.2, 0.25) is 0 Å². The molecule has 1 heterocycles. The molecule has 0 radical (unpaired) electrons. The zero-order chi connectivity index (χ0) is 21.9. The maximum absolute atomic E-state index is 13.7. The minimum atomic E-state index is -1.31. The number of amides is 3. The number of esters is 1. The molecular formula is C21H19FN2O6. The van der Waals surface area contributed by atoms with Crippen molar-refractivity contribution in [2.45, 2.75) is 12.5 Å². The second kappa shape index (κ2) is 8.32. The molecule has 1 saturated heterocycles. The van der Waals surface area contributed by atoms with E-state index in [0.717, 1.165) is 11.0 Å². The van der Waals surface area contributed by atoms with Gasteiger partial charge >= 0.3 is 12.0 Å². The van der Waals surface area contributed by atoms with E-state index in [4.69, 9.17) is 9.47 Å². The van der Waals surface area contributed by atoms with Gasteiger partial charge in [0.2, 0.25) is 0 Å². The lowest BCUT2D eigenvalue weighted by Crippen LogP contribution is -2.41. The fraction of sp³-hybridized carbons (Fsp3) is 0.238. The second-order valence-corrected chi connectivity index (χ2v) is 6.75. The van der Waals surface area contributed by atoms with E-state index in [1.165, 1.54) is 26.2 Å². The Morgan fingerprint density at radius 2 is 1.83 bits per heavy atom. The van der Waals surface area contributed by atoms with Gasteiger partial charge in [0.15, 0.2) is 24.0 Å². The van der Waals surface area contributed by atoms with Crippen molar-refractivity contribution in [2.24, 2.45) is 0 Å². The normalized spacial score (nSPS) is 18.2. The first-order valence-electron chi connectivity index (χ1n) is 8.98. The number of hydrogen-bond acceptors (Lipinski definition) is 6. The van der Waals surface area contributed by atoms with Crippen LogP contribution in [0.3, 0.4) is 0 Å². The summed E-state index contributed by atoms with van der Waals surface area (Å²) in [5, 5.41) is 2.57. The summed E-state index contributed by atoms with van der Waals surface area (Å²) < 4.78 is 23.4. The van der Waals surface area contributed by atoms with Gasteiger partial charge in [-0.3, -0.25) is 19.3 Å². The SMILES string of the molecule is COc1ccc(C(=O)COC(=O)CN2C(=O)N[C@](C)(c3ccccc3)C2=O)cc1F. The van der Waals surface area contributed by atoms with Crippen LogP contribution in [0.25, 0.3) is 0 Å². The molecule has 3 amide bonds. The summed E-state index contributed by atoms with van der Waals surface area (Å²) in [7, 11) is 1.29. The van der Waals surface area contributed by atoms with Crippen LogP contribution in [0.1, 0.15) is 22.8 Å². The van der Waals surface area contributed by atoms with Gasteiger partial charge in [-0.2, -0.15) is 0 Å². The number of Topliss-reactive ketones (excluding diaryl/α,β-unsaturated/α-hetero) is 1. The van der Waals surface area contributed by atoms with Crippen LogP contribution in [-0.4, -0.2) is 48.9 Å². The number of urea groups is 1. The summed E-state index contributed by atoms with van der Waals surface area (Å²) in [5.74, 6) is -2.95. The molecule has 0 unspecified atom stereocenters. The number of carbonyl (C=O) groups is 4. The van der Waals surface area contributed by atoms with Gasteiger partial charge < -0.3 is 14.8 Å². The molecule has 3 rings (SSSR count). The number of imide groups is 1. The Morgan fingerprint density at radius 3 is 2.47 bits per heavy atom. The first-order valence-corrected chi connectivity index (χ1v) is 8.98. The van der Waals surface area contributed by atoms with E-state index >= 15 is 0 Å². The third kappa shape index (κ3) is 4.00. The summed E-state index contributed by atoms with van der Waals surface area (Å²) >= 11 is 0. The van der Waals surface area contributed by atoms with Crippen LogP contribution in [0.5, 0.6) is 5.75 Å². The Bertz CT molecular complexity index is 1010. The lowest BCUT2D eigenvalue weighted by Gasteiger charge is -2.21. The van der Waals surface area contributed by atoms with Crippen LogP contribution in [-0.2, 0) is 19.9 Å². The smallest absolute Gasteiger partial charge is 0.326 e. The standard InChI is InChI=1S/C21H19FN2O6/c1-21(14-6-4-3-5-7-14)19(27)24(20(28)23-21)11-18(26)30-12-16(25)13-8-9-17(29-2)15(22)10-13/h3-10H,11-12H2,1-2H3,(H,23,28)/t21-/m1/s1. The molecule has 0 saturated carbocycles. The van der Waals surface area contributed by atoms with Gasteiger partial charge in [-0.15, -0.1) is 0 Å². The van der Waals surface area contributed by atoms with Gasteiger partial charge in [0.25, 0.3) is 5.91 Å². The Hall–Kier alpha value is -3.75. The van der Waals surface area contributed by atoms with Crippen molar-refractivity contribution < 1.29 is 33.0 Å². The minimum absolute atomic E-state index is 0.00672. The van der Waals surface area contributed by atoms with Gasteiger partial charge in [-0.05, 0) is 30.7 Å². The molecule has 1 N–H and O–H groups in total. The summed E-state index contributed by atoms with van der Waals surface area (Å²) in [6, 6.07) is 11.4. The fourth-order valence-electron chi connectivity index (χ4n) is 3.05. The number of nitrogens with one attached hydrogen (secondary N) is 1. The Morgan fingerprint density at radius 1 is 1.13 bits per heavy atom. The molecule has 1 aliphatic heterocycles. The summed E-state index contributed by atoms with van der Waals surface area (Å²) in [4.78, 5) is 49.9. The van der Waals surface area contributed by atoms with Crippen molar-refractivity contribution in [2.75, 3.05) is 20.3 Å². The first-order chi connectivity index (χ1) is 14.3. The highest BCUT2D eigenvalue weighted by molar-refractivity contribution is 6.09. The summed E-state index contributed by atoms with van der Waals surface area (Å²) in [6.07, 6.45) is 0. The molecule has 30 heavy (non-hydrogen) atoms. The van der Waals surface area contributed by atoms with E-state index in [2.05, 4.69) is 5.32 Å². The van der Waals surface area contributed by atoms with E-state index in [-0.39, 0.29) is 11.3 Å². The fourth-order valence-corrected chi connectivity index (χ4v) is 3.05. The van der Waals surface area contributed by atoms with Gasteiger partial charge in [-0.25, -0.2) is 9.18 Å². The molecule has 1 fully saturated rings. The van der Waals surface area contributed by atoms with Crippen molar-refractivity contribution in [1.29, 1.82) is 0 Å². The van der Waals surface area contributed by atoms with E-state index in [0.29, 0.717) is 5.56 Å². The minimum Gasteiger partial charge on any atom is -0.494 e. The van der Waals surface area contributed by atoms with Gasteiger partial charge in [-0.1, -0.05) is 30.3 Å². The third-order valence-electron chi connectivity index (χ3n) is 4.75. The van der Waals surface area contributed by atoms with Crippen molar-refractivity contribution in [3.8, 4) is 5.75 Å². The lowest BCUT2D eigenvalue weighted by atomic mass is 9.92. The van der Waals surface area contributed by atoms with Crippen molar-refractivity contribution >= 4 is 23.7 Å². The molecule has 1 atom stereocenters. The largest absolute Gasteiger partial charge is 0.494 e. The van der Waals surface area contributed by atoms with E-state index in [9.17, 15) is 23.6 Å². The number of halogens is 1. The predicted octanol–water partition coefficient (Wildman–Crippen LogP) is 2.03. The Kier molecular flexibility index (Phi) is 5.81. The zero-order valence-corrected chi connectivity index (χ0v) is 16.3. The molecule has 2 aromatic rings. The molecule has 8 nitrogen and oxygen atoms in total. The highest BCUT2D eigenvalue weighted by atomic mass is 19.1. The van der Waals surface area contributed by atoms with Gasteiger partial charge in [0, 0.05) is 5.56 Å². The van der Waals surface area contributed by atoms with Crippen molar-refractivity contribution in [3.63, 3.8) is 0 Å². The highest BCUT2D eigenvalue weighted by Crippen LogP contribution is 2.28. The van der Waals surface area contributed by atoms with Crippen LogP contribution in [0.4, 0.5) is 9.18 Å². The monoisotopic (exact) mass is 414 g/mol. The zero-order valence-electron chi connectivity index (χ0n) is 16.3. The number of rotatable bonds is 7. The van der Waals surface area contributed by atoms with E-state index in [1.54, 1.807) is 30.3 Å². The summed E-state index contributed by atoms with van der Waals surface area (Å²) in [5.41, 5.74) is -0.751. The average Bonchev–Trinajstić information content (AvgIpc) is 2.96. The third-order valence-corrected chi connectivity index (χ3v) is 4.75. The maximum Gasteiger partial charge on any atom is 0.326 e. The number of benzene rings is 2. The predicted molar refractivity (Wildman–Crippen MR) is 102 cm³/mol. The highest BCUT2D eigenvalue weighted by Gasteiger charge is 2.49. The number of nitrogens with zero attached hydrogens (tertiary/aromatic N) is 1. The number of ether oxygens (including phenoxy) is 2. The molecule has 1 aliphatic rings. The molecule has 0 spiro atoms. The molecular weight excluding hydrogens is 395 g/mol. The summed E-state index contributed by atoms with van der Waals surface area (Å²) in [6.45, 7) is 0.219. The van der Waals surface area contributed by atoms with Crippen LogP contribution >= 0.6 is 0 Å². The number of hydrogen-bond donors (Lipinski definition) is 1. The Labute approximate surface area is 171 Å². The number of ketones is 1. The van der Waals surface area contributed by atoms with Crippen molar-refractivity contribution in [1.82, 2.24) is 10.2 Å². The maximum atomic E-state index is 13.7. The lowest BCUT2D eigenvalue weighted by molar-refractivity contribution is -0.146. The van der Waals surface area contributed by atoms with Crippen LogP contribution in [0.15, 0.2) is 48.5 Å². The van der Waals surface area contributed by atoms with E-state index < -0.39 is 48.2 Å². The molecule has 9 heteroatoms. The number of carbonyl (C=O) groups excluding carboxylic acids is 4. The first kappa shape index (κ1) is 21.0. The average molecular weight is 414 g/mol. The van der Waals surface area contributed by atoms with Gasteiger partial charge in [0.05, 0.1) is 7.11 Å². The van der Waals surface area contributed by atoms with Crippen LogP contribution in [0, 0.1) is 5.82 Å². The second-order valence-electron chi connectivity index (χ2n) is 6.75. The molecule has 0 aromatic heterocycles. The molecule has 0 bridgehead atoms. The molecule has 2 aromatic carbocycles. The van der Waals surface area contributed by atoms with Crippen LogP contribution < -0.4 is 10.1 Å². The topological polar surface area (TPSA) is 102 Å². The van der Waals surface area contributed by atoms with E-state index in [1.807, 2.05) is 0 Å². The molecule has 156 valence electrons. The Balaban J connectivity index is 1.61. The molecule has 0 aliphatic carbocycles. The van der Waals surface area contributed by atoms with Crippen molar-refractivity contribution in [3.05, 3.63) is 65.5 Å². The van der Waals surface area contributed by atoms with Gasteiger partial charge in [0.1, 0.15) is 12.1 Å².